The summed E-state index contributed by atoms with van der Waals surface area (Å²) >= 11 is 0. The van der Waals surface area contributed by atoms with Gasteiger partial charge in [-0.2, -0.15) is 13.2 Å². The molecule has 7 heteroatoms. The van der Waals surface area contributed by atoms with Gasteiger partial charge >= 0.3 is 12.1 Å². The zero-order valence-electron chi connectivity index (χ0n) is 15.6. The lowest BCUT2D eigenvalue weighted by Crippen LogP contribution is -2.14. The van der Waals surface area contributed by atoms with Crippen LogP contribution in [0.25, 0.3) is 11.1 Å². The zero-order valence-corrected chi connectivity index (χ0v) is 15.6. The number of hydrogen-bond acceptors (Lipinski definition) is 2. The number of ether oxygens (including phenoxy) is 1. The van der Waals surface area contributed by atoms with Crippen molar-refractivity contribution in [2.45, 2.75) is 32.4 Å². The highest BCUT2D eigenvalue weighted by atomic mass is 19.4. The van der Waals surface area contributed by atoms with E-state index in [1.807, 2.05) is 13.8 Å². The molecule has 0 radical (unpaired) electrons. The standard InChI is InChI=1S/C21H22F4O3/c1-13(2)11-18(20(26)27)15-5-8-19(28-10-9-22)17(12-15)14-3-6-16(7-4-14)21(23,24)25/h3-8,12-13,18H,9-11H2,1-2H3,(H,26,27). The molecule has 3 nitrogen and oxygen atoms in total. The van der Waals surface area contributed by atoms with Crippen LogP contribution >= 0.6 is 0 Å². The largest absolute Gasteiger partial charge is 0.490 e. The number of rotatable bonds is 8. The summed E-state index contributed by atoms with van der Waals surface area (Å²) in [4.78, 5) is 11.7. The second-order valence-electron chi connectivity index (χ2n) is 6.89. The van der Waals surface area contributed by atoms with E-state index in [-0.39, 0.29) is 18.3 Å². The molecule has 0 amide bonds. The maximum Gasteiger partial charge on any atom is 0.416 e. The van der Waals surface area contributed by atoms with Crippen LogP contribution < -0.4 is 4.74 Å². The van der Waals surface area contributed by atoms with Crippen molar-refractivity contribution in [3.05, 3.63) is 53.6 Å². The Morgan fingerprint density at radius 2 is 1.75 bits per heavy atom. The minimum atomic E-state index is -4.46. The third kappa shape index (κ3) is 5.47. The third-order valence-corrected chi connectivity index (χ3v) is 4.27. The van der Waals surface area contributed by atoms with E-state index in [1.165, 1.54) is 18.2 Å². The topological polar surface area (TPSA) is 46.5 Å². The number of carbonyl (C=O) groups is 1. The van der Waals surface area contributed by atoms with Crippen LogP contribution in [0.3, 0.4) is 0 Å². The average Bonchev–Trinajstić information content (AvgIpc) is 2.63. The number of benzene rings is 2. The van der Waals surface area contributed by atoms with Crippen molar-refractivity contribution >= 4 is 5.97 Å². The SMILES string of the molecule is CC(C)CC(C(=O)O)c1ccc(OCCF)c(-c2ccc(C(F)(F)F)cc2)c1. The minimum absolute atomic E-state index is 0.137. The van der Waals surface area contributed by atoms with Crippen LogP contribution in [-0.2, 0) is 11.0 Å². The maximum atomic E-state index is 12.8. The van der Waals surface area contributed by atoms with E-state index >= 15 is 0 Å². The number of carboxylic acid groups (broad SMARTS) is 1. The molecule has 0 heterocycles. The first kappa shape index (κ1) is 21.7. The molecular weight excluding hydrogens is 376 g/mol. The highest BCUT2D eigenvalue weighted by molar-refractivity contribution is 5.79. The quantitative estimate of drug-likeness (QED) is 0.560. The van der Waals surface area contributed by atoms with Crippen molar-refractivity contribution in [2.24, 2.45) is 5.92 Å². The van der Waals surface area contributed by atoms with E-state index in [9.17, 15) is 27.5 Å². The van der Waals surface area contributed by atoms with Crippen LogP contribution in [0.1, 0.15) is 37.3 Å². The number of carboxylic acids is 1. The number of halogens is 4. The summed E-state index contributed by atoms with van der Waals surface area (Å²) in [6, 6.07) is 9.21. The Hall–Kier alpha value is -2.57. The number of hydrogen-bond donors (Lipinski definition) is 1. The van der Waals surface area contributed by atoms with Crippen LogP contribution in [0.4, 0.5) is 17.6 Å². The summed E-state index contributed by atoms with van der Waals surface area (Å²) < 4.78 is 56.3. The molecule has 0 fully saturated rings. The smallest absolute Gasteiger partial charge is 0.416 e. The minimum Gasteiger partial charge on any atom is -0.490 e. The third-order valence-electron chi connectivity index (χ3n) is 4.27. The van der Waals surface area contributed by atoms with E-state index in [4.69, 9.17) is 4.74 Å². The summed E-state index contributed by atoms with van der Waals surface area (Å²) in [5, 5.41) is 9.57. The Morgan fingerprint density at radius 3 is 2.25 bits per heavy atom. The molecule has 1 N–H and O–H groups in total. The maximum absolute atomic E-state index is 12.8. The molecular formula is C21H22F4O3. The molecule has 0 saturated carbocycles. The van der Waals surface area contributed by atoms with Crippen LogP contribution in [0.2, 0.25) is 0 Å². The second kappa shape index (κ2) is 9.08. The van der Waals surface area contributed by atoms with Gasteiger partial charge in [-0.1, -0.05) is 32.0 Å². The van der Waals surface area contributed by atoms with E-state index in [2.05, 4.69) is 0 Å². The molecule has 2 aromatic carbocycles. The van der Waals surface area contributed by atoms with Crippen LogP contribution in [0.15, 0.2) is 42.5 Å². The molecule has 0 spiro atoms. The first-order chi connectivity index (χ1) is 13.1. The zero-order chi connectivity index (χ0) is 20.9. The van der Waals surface area contributed by atoms with Gasteiger partial charge in [0.2, 0.25) is 0 Å². The van der Waals surface area contributed by atoms with Gasteiger partial charge in [0.25, 0.3) is 0 Å². The van der Waals surface area contributed by atoms with Gasteiger partial charge in [-0.15, -0.1) is 0 Å². The van der Waals surface area contributed by atoms with Crippen molar-refractivity contribution in [1.29, 1.82) is 0 Å². The van der Waals surface area contributed by atoms with Crippen LogP contribution in [0.5, 0.6) is 5.75 Å². The molecule has 0 aliphatic carbocycles. The van der Waals surface area contributed by atoms with Crippen LogP contribution in [0, 0.1) is 5.92 Å². The van der Waals surface area contributed by atoms with Gasteiger partial charge in [0.1, 0.15) is 19.0 Å². The molecule has 0 saturated heterocycles. The monoisotopic (exact) mass is 398 g/mol. The summed E-state index contributed by atoms with van der Waals surface area (Å²) in [5.41, 5.74) is 0.581. The van der Waals surface area contributed by atoms with E-state index in [1.54, 1.807) is 12.1 Å². The fourth-order valence-electron chi connectivity index (χ4n) is 2.95. The molecule has 0 aromatic heterocycles. The lowest BCUT2D eigenvalue weighted by molar-refractivity contribution is -0.139. The van der Waals surface area contributed by atoms with Gasteiger partial charge in [-0.3, -0.25) is 4.79 Å². The lowest BCUT2D eigenvalue weighted by Gasteiger charge is -2.18. The normalized spacial score (nSPS) is 12.8. The van der Waals surface area contributed by atoms with Crippen molar-refractivity contribution < 1.29 is 32.2 Å². The first-order valence-electron chi connectivity index (χ1n) is 8.86. The van der Waals surface area contributed by atoms with Gasteiger partial charge in [0, 0.05) is 5.56 Å². The predicted octanol–water partition coefficient (Wildman–Crippen LogP) is 5.94. The van der Waals surface area contributed by atoms with Crippen LogP contribution in [-0.4, -0.2) is 24.4 Å². The number of aliphatic carboxylic acids is 1. The second-order valence-corrected chi connectivity index (χ2v) is 6.89. The summed E-state index contributed by atoms with van der Waals surface area (Å²) in [6.45, 7) is 2.89. The molecule has 0 aliphatic rings. The molecule has 1 atom stereocenters. The average molecular weight is 398 g/mol. The highest BCUT2D eigenvalue weighted by Gasteiger charge is 2.30. The summed E-state index contributed by atoms with van der Waals surface area (Å²) in [6.07, 6.45) is -4.05. The molecule has 0 bridgehead atoms. The fraction of sp³-hybridized carbons (Fsp3) is 0.381. The first-order valence-corrected chi connectivity index (χ1v) is 8.86. The van der Waals surface area contributed by atoms with Crippen molar-refractivity contribution in [3.63, 3.8) is 0 Å². The Bertz CT molecular complexity index is 798. The van der Waals surface area contributed by atoms with E-state index in [0.717, 1.165) is 12.1 Å². The van der Waals surface area contributed by atoms with Crippen molar-refractivity contribution in [1.82, 2.24) is 0 Å². The molecule has 152 valence electrons. The summed E-state index contributed by atoms with van der Waals surface area (Å²) in [7, 11) is 0. The molecule has 1 unspecified atom stereocenters. The molecule has 28 heavy (non-hydrogen) atoms. The van der Waals surface area contributed by atoms with E-state index < -0.39 is 30.3 Å². The van der Waals surface area contributed by atoms with E-state index in [0.29, 0.717) is 23.1 Å². The Balaban J connectivity index is 2.50. The van der Waals surface area contributed by atoms with Gasteiger partial charge < -0.3 is 9.84 Å². The molecule has 2 rings (SSSR count). The molecule has 2 aromatic rings. The van der Waals surface area contributed by atoms with Gasteiger partial charge in [0.05, 0.1) is 11.5 Å². The lowest BCUT2D eigenvalue weighted by atomic mass is 9.88. The van der Waals surface area contributed by atoms with Crippen molar-refractivity contribution in [2.75, 3.05) is 13.3 Å². The van der Waals surface area contributed by atoms with Gasteiger partial charge in [-0.05, 0) is 47.7 Å². The predicted molar refractivity (Wildman–Crippen MR) is 98.2 cm³/mol. The van der Waals surface area contributed by atoms with Crippen molar-refractivity contribution in [3.8, 4) is 16.9 Å². The Labute approximate surface area is 161 Å². The van der Waals surface area contributed by atoms with Gasteiger partial charge in [-0.25, -0.2) is 4.39 Å². The summed E-state index contributed by atoms with van der Waals surface area (Å²) in [5.74, 6) is -1.32. The van der Waals surface area contributed by atoms with Gasteiger partial charge in [0.15, 0.2) is 0 Å². The Morgan fingerprint density at radius 1 is 1.11 bits per heavy atom. The highest BCUT2D eigenvalue weighted by Crippen LogP contribution is 2.37. The number of alkyl halides is 4. The molecule has 0 aliphatic heterocycles. The fourth-order valence-corrected chi connectivity index (χ4v) is 2.95. The Kier molecular flexibility index (Phi) is 7.05.